The van der Waals surface area contributed by atoms with Gasteiger partial charge in [-0.05, 0) is 30.3 Å². The van der Waals surface area contributed by atoms with Crippen LogP contribution in [0.5, 0.6) is 5.75 Å². The molecule has 0 aliphatic rings. The summed E-state index contributed by atoms with van der Waals surface area (Å²) in [4.78, 5) is 23.6. The van der Waals surface area contributed by atoms with Gasteiger partial charge in [0.2, 0.25) is 5.76 Å². The molecule has 0 atom stereocenters. The van der Waals surface area contributed by atoms with Crippen molar-refractivity contribution in [3.8, 4) is 5.75 Å². The van der Waals surface area contributed by atoms with Crippen LogP contribution >= 0.6 is 0 Å². The molecule has 110 valence electrons. The third-order valence-corrected chi connectivity index (χ3v) is 3.09. The van der Waals surface area contributed by atoms with Crippen LogP contribution in [-0.2, 0) is 4.74 Å². The number of hydrogen-bond donors (Lipinski definition) is 0. The molecule has 3 aromatic rings. The van der Waals surface area contributed by atoms with Crippen molar-refractivity contribution in [2.24, 2.45) is 0 Å². The first-order valence-electron chi connectivity index (χ1n) is 6.56. The zero-order chi connectivity index (χ0) is 15.5. The van der Waals surface area contributed by atoms with Gasteiger partial charge in [0.05, 0.1) is 12.7 Å². The largest absolute Gasteiger partial charge is 0.465 e. The molecule has 0 aliphatic heterocycles. The van der Waals surface area contributed by atoms with E-state index in [1.165, 1.54) is 13.2 Å². The van der Waals surface area contributed by atoms with E-state index >= 15 is 0 Å². The molecule has 0 amide bonds. The second kappa shape index (κ2) is 5.73. The monoisotopic (exact) mass is 296 g/mol. The van der Waals surface area contributed by atoms with E-state index in [0.29, 0.717) is 11.1 Å². The quantitative estimate of drug-likeness (QED) is 0.547. The maximum atomic E-state index is 12.1. The molecule has 5 heteroatoms. The number of benzene rings is 2. The molecule has 1 aromatic heterocycles. The number of para-hydroxylation sites is 1. The summed E-state index contributed by atoms with van der Waals surface area (Å²) in [6.07, 6.45) is 0. The molecular formula is C17H12O5. The van der Waals surface area contributed by atoms with Gasteiger partial charge in [0.1, 0.15) is 11.3 Å². The highest BCUT2D eigenvalue weighted by Crippen LogP contribution is 2.21. The Kier molecular flexibility index (Phi) is 3.62. The van der Waals surface area contributed by atoms with Gasteiger partial charge in [0.15, 0.2) is 0 Å². The molecule has 0 N–H and O–H groups in total. The number of carbonyl (C=O) groups excluding carboxylic acids is 2. The van der Waals surface area contributed by atoms with Crippen molar-refractivity contribution < 1.29 is 23.5 Å². The first-order valence-corrected chi connectivity index (χ1v) is 6.56. The van der Waals surface area contributed by atoms with Crippen molar-refractivity contribution in [2.45, 2.75) is 0 Å². The molecule has 0 bridgehead atoms. The fraction of sp³-hybridized carbons (Fsp3) is 0.0588. The number of methoxy groups -OCH3 is 1. The van der Waals surface area contributed by atoms with Crippen LogP contribution in [0.4, 0.5) is 0 Å². The highest BCUT2D eigenvalue weighted by molar-refractivity contribution is 5.94. The third-order valence-electron chi connectivity index (χ3n) is 3.09. The molecular weight excluding hydrogens is 284 g/mol. The van der Waals surface area contributed by atoms with E-state index in [1.54, 1.807) is 30.3 Å². The van der Waals surface area contributed by atoms with Gasteiger partial charge in [-0.25, -0.2) is 9.59 Å². The predicted octanol–water partition coefficient (Wildman–Crippen LogP) is 3.44. The highest BCUT2D eigenvalue weighted by Gasteiger charge is 2.15. The van der Waals surface area contributed by atoms with Crippen LogP contribution in [0.2, 0.25) is 0 Å². The molecule has 5 nitrogen and oxygen atoms in total. The normalized spacial score (nSPS) is 10.4. The van der Waals surface area contributed by atoms with Gasteiger partial charge in [-0.2, -0.15) is 0 Å². The lowest BCUT2D eigenvalue weighted by Crippen LogP contribution is -2.08. The van der Waals surface area contributed by atoms with E-state index in [4.69, 9.17) is 9.15 Å². The van der Waals surface area contributed by atoms with Crippen LogP contribution in [-0.4, -0.2) is 19.0 Å². The molecule has 0 saturated carbocycles. The Morgan fingerprint density at radius 1 is 0.955 bits per heavy atom. The van der Waals surface area contributed by atoms with Gasteiger partial charge in [-0.1, -0.05) is 24.3 Å². The molecule has 2 aromatic carbocycles. The number of esters is 2. The number of furan rings is 1. The van der Waals surface area contributed by atoms with Crippen molar-refractivity contribution in [1.82, 2.24) is 0 Å². The Bertz CT molecular complexity index is 814. The molecule has 0 unspecified atom stereocenters. The minimum Gasteiger partial charge on any atom is -0.465 e. The minimum absolute atomic E-state index is 0.102. The standard InChI is InChI=1S/C17H12O5/c1-20-16(18)12-6-4-7-13(9-12)21-17(19)15-10-11-5-2-3-8-14(11)22-15/h2-10H,1H3. The summed E-state index contributed by atoms with van der Waals surface area (Å²) < 4.78 is 15.3. The Morgan fingerprint density at radius 2 is 1.77 bits per heavy atom. The second-order valence-corrected chi connectivity index (χ2v) is 4.56. The summed E-state index contributed by atoms with van der Waals surface area (Å²) in [6.45, 7) is 0. The van der Waals surface area contributed by atoms with Crippen LogP contribution in [0, 0.1) is 0 Å². The van der Waals surface area contributed by atoms with Crippen LogP contribution in [0.1, 0.15) is 20.9 Å². The molecule has 0 fully saturated rings. The van der Waals surface area contributed by atoms with Gasteiger partial charge in [-0.15, -0.1) is 0 Å². The molecule has 22 heavy (non-hydrogen) atoms. The van der Waals surface area contributed by atoms with E-state index in [2.05, 4.69) is 4.74 Å². The van der Waals surface area contributed by atoms with E-state index in [9.17, 15) is 9.59 Å². The van der Waals surface area contributed by atoms with Crippen LogP contribution in [0.25, 0.3) is 11.0 Å². The van der Waals surface area contributed by atoms with Gasteiger partial charge in [0, 0.05) is 5.39 Å². The number of ether oxygens (including phenoxy) is 2. The highest BCUT2D eigenvalue weighted by atomic mass is 16.5. The number of hydrogen-bond acceptors (Lipinski definition) is 5. The average molecular weight is 296 g/mol. The van der Waals surface area contributed by atoms with E-state index in [0.717, 1.165) is 5.39 Å². The Morgan fingerprint density at radius 3 is 2.55 bits per heavy atom. The molecule has 1 heterocycles. The first kappa shape index (κ1) is 13.9. The second-order valence-electron chi connectivity index (χ2n) is 4.56. The summed E-state index contributed by atoms with van der Waals surface area (Å²) in [6, 6.07) is 15.1. The minimum atomic E-state index is -0.627. The summed E-state index contributed by atoms with van der Waals surface area (Å²) in [5.74, 6) is -0.780. The van der Waals surface area contributed by atoms with Crippen LogP contribution in [0.15, 0.2) is 59.0 Å². The molecule has 3 rings (SSSR count). The third kappa shape index (κ3) is 2.69. The number of fused-ring (bicyclic) bond motifs is 1. The maximum Gasteiger partial charge on any atom is 0.379 e. The van der Waals surface area contributed by atoms with E-state index in [1.807, 2.05) is 18.2 Å². The Labute approximate surface area is 126 Å². The van der Waals surface area contributed by atoms with Crippen molar-refractivity contribution in [3.05, 3.63) is 65.9 Å². The fourth-order valence-electron chi connectivity index (χ4n) is 2.04. The maximum absolute atomic E-state index is 12.1. The number of rotatable bonds is 3. The average Bonchev–Trinajstić information content (AvgIpc) is 2.98. The van der Waals surface area contributed by atoms with Crippen molar-refractivity contribution in [3.63, 3.8) is 0 Å². The van der Waals surface area contributed by atoms with Gasteiger partial charge in [0.25, 0.3) is 0 Å². The van der Waals surface area contributed by atoms with Crippen molar-refractivity contribution in [2.75, 3.05) is 7.11 Å². The topological polar surface area (TPSA) is 65.7 Å². The summed E-state index contributed by atoms with van der Waals surface area (Å²) in [5, 5.41) is 0.817. The zero-order valence-corrected chi connectivity index (χ0v) is 11.7. The van der Waals surface area contributed by atoms with Gasteiger partial charge >= 0.3 is 11.9 Å². The lowest BCUT2D eigenvalue weighted by molar-refractivity contribution is 0.0597. The summed E-state index contributed by atoms with van der Waals surface area (Å²) >= 11 is 0. The molecule has 0 spiro atoms. The van der Waals surface area contributed by atoms with Gasteiger partial charge < -0.3 is 13.9 Å². The van der Waals surface area contributed by atoms with Gasteiger partial charge in [-0.3, -0.25) is 0 Å². The smallest absolute Gasteiger partial charge is 0.379 e. The van der Waals surface area contributed by atoms with Crippen LogP contribution < -0.4 is 4.74 Å². The lowest BCUT2D eigenvalue weighted by atomic mass is 10.2. The number of carbonyl (C=O) groups is 2. The van der Waals surface area contributed by atoms with E-state index < -0.39 is 11.9 Å². The lowest BCUT2D eigenvalue weighted by Gasteiger charge is -2.04. The predicted molar refractivity (Wildman–Crippen MR) is 79.0 cm³/mol. The zero-order valence-electron chi connectivity index (χ0n) is 11.7. The van der Waals surface area contributed by atoms with Crippen molar-refractivity contribution >= 4 is 22.9 Å². The molecule has 0 aliphatic carbocycles. The summed E-state index contributed by atoms with van der Waals surface area (Å²) in [5.41, 5.74) is 0.912. The van der Waals surface area contributed by atoms with Crippen LogP contribution in [0.3, 0.4) is 0 Å². The summed E-state index contributed by atoms with van der Waals surface area (Å²) in [7, 11) is 1.29. The Hall–Kier alpha value is -3.08. The first-order chi connectivity index (χ1) is 10.7. The van der Waals surface area contributed by atoms with E-state index in [-0.39, 0.29) is 11.5 Å². The van der Waals surface area contributed by atoms with Crippen molar-refractivity contribution in [1.29, 1.82) is 0 Å². The fourth-order valence-corrected chi connectivity index (χ4v) is 2.04. The molecule has 0 saturated heterocycles. The SMILES string of the molecule is COC(=O)c1cccc(OC(=O)c2cc3ccccc3o2)c1. The molecule has 0 radical (unpaired) electrons. The Balaban J connectivity index is 1.83.